The topological polar surface area (TPSA) is 70.5 Å². The molecule has 10 heteroatoms. The number of hydrogen-bond donors (Lipinski definition) is 2. The highest BCUT2D eigenvalue weighted by molar-refractivity contribution is 5.69. The lowest BCUT2D eigenvalue weighted by Gasteiger charge is -2.26. The van der Waals surface area contributed by atoms with E-state index in [-0.39, 0.29) is 34.4 Å². The first kappa shape index (κ1) is 32.6. The van der Waals surface area contributed by atoms with Crippen LogP contribution in [0.3, 0.4) is 0 Å². The number of nitrogens with two attached hydrogens (primary N) is 2. The van der Waals surface area contributed by atoms with Gasteiger partial charge in [0.2, 0.25) is 0 Å². The van der Waals surface area contributed by atoms with E-state index in [1.165, 1.54) is 24.3 Å². The Bertz CT molecular complexity index is 1550. The third-order valence-electron chi connectivity index (χ3n) is 6.97. The summed E-state index contributed by atoms with van der Waals surface area (Å²) in [7, 11) is 0. The molecule has 0 heterocycles. The zero-order valence-electron chi connectivity index (χ0n) is 25.2. The lowest BCUT2D eigenvalue weighted by Crippen LogP contribution is -2.15. The minimum absolute atomic E-state index is 0.0378. The Hall–Kier alpha value is -4.34. The zero-order chi connectivity index (χ0) is 32.8. The van der Waals surface area contributed by atoms with Crippen LogP contribution in [0.25, 0.3) is 11.1 Å². The molecule has 0 unspecified atom stereocenters. The van der Waals surface area contributed by atoms with Crippen LogP contribution in [0, 0.1) is 0 Å². The number of benzene rings is 4. The Labute approximate surface area is 252 Å². The quantitative estimate of drug-likeness (QED) is 0.173. The molecule has 0 aliphatic heterocycles. The summed E-state index contributed by atoms with van der Waals surface area (Å²) in [5.74, 6) is -0.254. The van der Waals surface area contributed by atoms with Crippen molar-refractivity contribution in [1.29, 1.82) is 0 Å². The summed E-state index contributed by atoms with van der Waals surface area (Å²) in [6.45, 7) is 11.5. The molecule has 0 atom stereocenters. The fourth-order valence-corrected chi connectivity index (χ4v) is 4.72. The molecule has 0 radical (unpaired) electrons. The first-order valence-electron chi connectivity index (χ1n) is 13.7. The highest BCUT2D eigenvalue weighted by Crippen LogP contribution is 2.45. The summed E-state index contributed by atoms with van der Waals surface area (Å²) in [6, 6.07) is 17.1. The molecule has 0 fully saturated rings. The molecule has 0 aromatic heterocycles. The Morgan fingerprint density at radius 1 is 0.432 bits per heavy atom. The summed E-state index contributed by atoms with van der Waals surface area (Å²) in [4.78, 5) is 0. The molecule has 0 bridgehead atoms. The second kappa shape index (κ2) is 11.3. The number of rotatable bonds is 5. The van der Waals surface area contributed by atoms with Gasteiger partial charge < -0.3 is 20.9 Å². The van der Waals surface area contributed by atoms with E-state index in [2.05, 4.69) is 0 Å². The molecule has 4 aromatic rings. The van der Waals surface area contributed by atoms with Gasteiger partial charge >= 0.3 is 12.4 Å². The van der Waals surface area contributed by atoms with Crippen LogP contribution >= 0.6 is 0 Å². The summed E-state index contributed by atoms with van der Waals surface area (Å²) < 4.78 is 94.2. The van der Waals surface area contributed by atoms with Crippen molar-refractivity contribution in [2.45, 2.75) is 64.7 Å². The van der Waals surface area contributed by atoms with Crippen LogP contribution in [-0.4, -0.2) is 0 Å². The first-order valence-corrected chi connectivity index (χ1v) is 13.7. The molecule has 234 valence electrons. The first-order chi connectivity index (χ1) is 20.1. The molecule has 0 amide bonds. The van der Waals surface area contributed by atoms with Gasteiger partial charge in [0.15, 0.2) is 0 Å². The predicted octanol–water partition coefficient (Wildman–Crippen LogP) is 10.7. The van der Waals surface area contributed by atoms with Crippen molar-refractivity contribution in [2.24, 2.45) is 0 Å². The number of halogens is 6. The largest absolute Gasteiger partial charge is 0.456 e. The van der Waals surface area contributed by atoms with Crippen molar-refractivity contribution >= 4 is 11.4 Å². The number of nitrogen functional groups attached to an aromatic ring is 2. The molecule has 0 saturated carbocycles. The summed E-state index contributed by atoms with van der Waals surface area (Å²) in [5.41, 5.74) is 10.9. The second-order valence-corrected chi connectivity index (χ2v) is 12.6. The Kier molecular flexibility index (Phi) is 8.36. The SMILES string of the molecule is CC(C)(C)c1cc(-c2ccc(Oc3ccc(N)cc3C(F)(F)F)c(C(C)(C)C)c2)ccc1Oc1ccc(N)cc1C(F)(F)F. The van der Waals surface area contributed by atoms with Gasteiger partial charge in [-0.05, 0) is 82.6 Å². The van der Waals surface area contributed by atoms with Gasteiger partial charge in [-0.25, -0.2) is 0 Å². The Morgan fingerprint density at radius 3 is 1.02 bits per heavy atom. The van der Waals surface area contributed by atoms with Crippen molar-refractivity contribution in [3.8, 4) is 34.1 Å². The van der Waals surface area contributed by atoms with Gasteiger partial charge in [-0.1, -0.05) is 53.7 Å². The standard InChI is InChI=1S/C34H34F6N2O2/c1-31(2,3)23-15-19(7-11-27(23)43-29-13-9-21(41)17-25(29)33(35,36)37)20-8-12-28(24(16-20)32(4,5)6)44-30-14-10-22(42)18-26(30)34(38,39)40/h7-18H,41-42H2,1-6H3. The highest BCUT2D eigenvalue weighted by atomic mass is 19.4. The van der Waals surface area contributed by atoms with Crippen LogP contribution in [0.15, 0.2) is 72.8 Å². The van der Waals surface area contributed by atoms with Crippen molar-refractivity contribution in [3.63, 3.8) is 0 Å². The number of anilines is 2. The summed E-state index contributed by atoms with van der Waals surface area (Å²) in [6.07, 6.45) is -9.35. The smallest absolute Gasteiger partial charge is 0.420 e. The maximum absolute atomic E-state index is 13.7. The molecule has 0 spiro atoms. The van der Waals surface area contributed by atoms with Crippen LogP contribution in [0.2, 0.25) is 0 Å². The van der Waals surface area contributed by atoms with E-state index in [1.54, 1.807) is 24.3 Å². The van der Waals surface area contributed by atoms with Gasteiger partial charge in [-0.3, -0.25) is 0 Å². The van der Waals surface area contributed by atoms with Gasteiger partial charge in [-0.15, -0.1) is 0 Å². The Balaban J connectivity index is 1.79. The number of alkyl halides is 6. The normalized spacial score (nSPS) is 12.7. The molecule has 0 saturated heterocycles. The molecular formula is C34H34F6N2O2. The molecule has 4 rings (SSSR count). The lowest BCUT2D eigenvalue weighted by molar-refractivity contribution is -0.139. The zero-order valence-corrected chi connectivity index (χ0v) is 25.2. The molecular weight excluding hydrogens is 582 g/mol. The minimum atomic E-state index is -4.67. The van der Waals surface area contributed by atoms with Crippen molar-refractivity contribution in [3.05, 3.63) is 95.1 Å². The van der Waals surface area contributed by atoms with Gasteiger partial charge in [0.1, 0.15) is 34.1 Å². The third kappa shape index (κ3) is 7.23. The predicted molar refractivity (Wildman–Crippen MR) is 161 cm³/mol. The maximum Gasteiger partial charge on any atom is 0.420 e. The van der Waals surface area contributed by atoms with E-state index < -0.39 is 34.3 Å². The number of hydrogen-bond acceptors (Lipinski definition) is 4. The highest BCUT2D eigenvalue weighted by Gasteiger charge is 2.36. The molecule has 4 aromatic carbocycles. The van der Waals surface area contributed by atoms with Crippen LogP contribution in [0.1, 0.15) is 63.8 Å². The van der Waals surface area contributed by atoms with E-state index in [0.29, 0.717) is 11.1 Å². The number of ether oxygens (including phenoxy) is 2. The van der Waals surface area contributed by atoms with Gasteiger partial charge in [0.05, 0.1) is 0 Å². The maximum atomic E-state index is 13.7. The summed E-state index contributed by atoms with van der Waals surface area (Å²) >= 11 is 0. The van der Waals surface area contributed by atoms with Crippen LogP contribution in [-0.2, 0) is 23.2 Å². The van der Waals surface area contributed by atoms with Gasteiger partial charge in [0, 0.05) is 22.5 Å². The molecule has 4 nitrogen and oxygen atoms in total. The van der Waals surface area contributed by atoms with Crippen LogP contribution in [0.4, 0.5) is 37.7 Å². The monoisotopic (exact) mass is 616 g/mol. The molecule has 44 heavy (non-hydrogen) atoms. The van der Waals surface area contributed by atoms with E-state index in [4.69, 9.17) is 20.9 Å². The van der Waals surface area contributed by atoms with Crippen molar-refractivity contribution in [1.82, 2.24) is 0 Å². The average Bonchev–Trinajstić information content (AvgIpc) is 2.89. The van der Waals surface area contributed by atoms with Crippen LogP contribution in [0.5, 0.6) is 23.0 Å². The van der Waals surface area contributed by atoms with E-state index in [0.717, 1.165) is 23.3 Å². The lowest BCUT2D eigenvalue weighted by atomic mass is 9.82. The minimum Gasteiger partial charge on any atom is -0.456 e. The van der Waals surface area contributed by atoms with Gasteiger partial charge in [-0.2, -0.15) is 26.3 Å². The average molecular weight is 617 g/mol. The second-order valence-electron chi connectivity index (χ2n) is 12.6. The fraction of sp³-hybridized carbons (Fsp3) is 0.294. The molecule has 0 aliphatic carbocycles. The van der Waals surface area contributed by atoms with Crippen molar-refractivity contribution in [2.75, 3.05) is 11.5 Å². The fourth-order valence-electron chi connectivity index (χ4n) is 4.72. The molecule has 0 aliphatic rings. The van der Waals surface area contributed by atoms with Crippen LogP contribution < -0.4 is 20.9 Å². The summed E-state index contributed by atoms with van der Waals surface area (Å²) in [5, 5.41) is 0. The van der Waals surface area contributed by atoms with E-state index in [1.807, 2.05) is 53.7 Å². The van der Waals surface area contributed by atoms with Crippen molar-refractivity contribution < 1.29 is 35.8 Å². The Morgan fingerprint density at radius 2 is 0.727 bits per heavy atom. The third-order valence-corrected chi connectivity index (χ3v) is 6.97. The van der Waals surface area contributed by atoms with E-state index >= 15 is 0 Å². The molecule has 4 N–H and O–H groups in total. The van der Waals surface area contributed by atoms with E-state index in [9.17, 15) is 26.3 Å². The van der Waals surface area contributed by atoms with Gasteiger partial charge in [0.25, 0.3) is 0 Å².